The third kappa shape index (κ3) is 8.54. The lowest BCUT2D eigenvalue weighted by Gasteiger charge is -2.30. The minimum atomic E-state index is -1.32. The number of hydrogen-bond acceptors (Lipinski definition) is 10. The van der Waals surface area contributed by atoms with E-state index in [-0.39, 0.29) is 18.5 Å². The SMILES string of the molecule is Cc1cccc(C(CNc2nc(CNC(=O)NCCN(C(C)C)C(C)C)nc3c2ncn3C2OC(CO)C(O)C2O)c2cccc(C)c2)c1. The van der Waals surface area contributed by atoms with E-state index in [9.17, 15) is 20.1 Å². The summed E-state index contributed by atoms with van der Waals surface area (Å²) in [5.41, 5.74) is 5.38. The molecule has 0 bridgehead atoms. The highest BCUT2D eigenvalue weighted by Gasteiger charge is 2.44. The molecule has 3 heterocycles. The van der Waals surface area contributed by atoms with Gasteiger partial charge in [-0.25, -0.2) is 19.7 Å². The number of carbonyl (C=O) groups excluding carboxylic acids is 1. The number of urea groups is 1. The van der Waals surface area contributed by atoms with Gasteiger partial charge in [0.25, 0.3) is 0 Å². The summed E-state index contributed by atoms with van der Waals surface area (Å²) in [6.07, 6.45) is -3.14. The first-order valence-electron chi connectivity index (χ1n) is 17.0. The number of aryl methyl sites for hydroxylation is 2. The highest BCUT2D eigenvalue weighted by atomic mass is 16.6. The van der Waals surface area contributed by atoms with Crippen LogP contribution >= 0.6 is 0 Å². The predicted octanol–water partition coefficient (Wildman–Crippen LogP) is 3.22. The van der Waals surface area contributed by atoms with Gasteiger partial charge in [-0.1, -0.05) is 59.7 Å². The predicted molar refractivity (Wildman–Crippen MR) is 188 cm³/mol. The fourth-order valence-corrected chi connectivity index (χ4v) is 6.49. The van der Waals surface area contributed by atoms with E-state index in [2.05, 4.69) is 116 Å². The number of nitrogens with one attached hydrogen (secondary N) is 3. The van der Waals surface area contributed by atoms with Crippen molar-refractivity contribution in [3.05, 3.63) is 82.9 Å². The summed E-state index contributed by atoms with van der Waals surface area (Å²) in [6.45, 7) is 13.9. The molecule has 4 unspecified atom stereocenters. The second kappa shape index (κ2) is 16.0. The number of anilines is 1. The lowest BCUT2D eigenvalue weighted by molar-refractivity contribution is -0.0511. The number of nitrogens with zero attached hydrogens (tertiary/aromatic N) is 5. The standard InChI is InChI=1S/C36H50N8O5/c1-21(2)43(22(3)4)14-13-37-36(48)39-18-29-41-33(30-34(42-29)44(20-40-30)35-32(47)31(46)28(19-45)49-35)38-17-27(25-11-7-9-23(5)15-25)26-12-8-10-24(6)16-26/h7-12,15-16,20-22,27-28,31-32,35,45-47H,13-14,17-19H2,1-6H3,(H2,37,39,48)(H,38,41,42). The van der Waals surface area contributed by atoms with E-state index in [0.717, 1.165) is 22.3 Å². The highest BCUT2D eigenvalue weighted by Crippen LogP contribution is 2.33. The van der Waals surface area contributed by atoms with Gasteiger partial charge in [0.15, 0.2) is 29.0 Å². The van der Waals surface area contributed by atoms with Gasteiger partial charge in [-0.05, 0) is 52.7 Å². The number of ether oxygens (including phenoxy) is 1. The van der Waals surface area contributed by atoms with Crippen LogP contribution in [0.1, 0.15) is 67.9 Å². The second-order valence-electron chi connectivity index (χ2n) is 13.3. The number of aromatic nitrogens is 4. The molecule has 13 nitrogen and oxygen atoms in total. The Morgan fingerprint density at radius 3 is 2.18 bits per heavy atom. The number of carbonyl (C=O) groups is 1. The lowest BCUT2D eigenvalue weighted by Crippen LogP contribution is -2.44. The third-order valence-corrected chi connectivity index (χ3v) is 9.01. The van der Waals surface area contributed by atoms with Crippen LogP contribution < -0.4 is 16.0 Å². The van der Waals surface area contributed by atoms with Crippen molar-refractivity contribution >= 4 is 23.0 Å². The minimum absolute atomic E-state index is 0.0176. The van der Waals surface area contributed by atoms with Crippen molar-refractivity contribution in [1.29, 1.82) is 0 Å². The molecule has 1 aliphatic rings. The number of aliphatic hydroxyl groups excluding tert-OH is 3. The number of imidazole rings is 1. The molecule has 1 aliphatic heterocycles. The maximum Gasteiger partial charge on any atom is 0.315 e. The number of rotatable bonds is 14. The maximum absolute atomic E-state index is 12.8. The van der Waals surface area contributed by atoms with E-state index < -0.39 is 31.1 Å². The van der Waals surface area contributed by atoms with Gasteiger partial charge in [-0.3, -0.25) is 9.47 Å². The van der Waals surface area contributed by atoms with Crippen LogP contribution in [0.4, 0.5) is 10.6 Å². The maximum atomic E-state index is 12.8. The molecule has 2 aromatic carbocycles. The zero-order chi connectivity index (χ0) is 35.2. The van der Waals surface area contributed by atoms with E-state index in [1.807, 2.05) is 0 Å². The smallest absolute Gasteiger partial charge is 0.315 e. The van der Waals surface area contributed by atoms with Crippen LogP contribution in [-0.4, -0.2) is 102 Å². The molecular formula is C36H50N8O5. The van der Waals surface area contributed by atoms with Crippen LogP contribution in [0.25, 0.3) is 11.2 Å². The quantitative estimate of drug-likeness (QED) is 0.117. The Morgan fingerprint density at radius 2 is 1.61 bits per heavy atom. The van der Waals surface area contributed by atoms with Crippen LogP contribution in [0, 0.1) is 13.8 Å². The molecule has 2 amide bonds. The van der Waals surface area contributed by atoms with Crippen molar-refractivity contribution in [3.63, 3.8) is 0 Å². The van der Waals surface area contributed by atoms with Gasteiger partial charge >= 0.3 is 6.03 Å². The normalized spacial score (nSPS) is 19.4. The molecule has 5 rings (SSSR count). The molecule has 4 aromatic rings. The number of hydrogen-bond donors (Lipinski definition) is 6. The summed E-state index contributed by atoms with van der Waals surface area (Å²) >= 11 is 0. The van der Waals surface area contributed by atoms with Gasteiger partial charge in [0, 0.05) is 37.6 Å². The number of fused-ring (bicyclic) bond motifs is 1. The van der Waals surface area contributed by atoms with Gasteiger partial charge in [-0.2, -0.15) is 0 Å². The molecule has 0 aliphatic carbocycles. The van der Waals surface area contributed by atoms with E-state index >= 15 is 0 Å². The van der Waals surface area contributed by atoms with E-state index in [1.165, 1.54) is 10.9 Å². The van der Waals surface area contributed by atoms with Gasteiger partial charge in [0.05, 0.1) is 19.5 Å². The summed E-state index contributed by atoms with van der Waals surface area (Å²) < 4.78 is 7.34. The number of aliphatic hydroxyl groups is 3. The first-order chi connectivity index (χ1) is 23.5. The van der Waals surface area contributed by atoms with Crippen molar-refractivity contribution < 1.29 is 24.9 Å². The van der Waals surface area contributed by atoms with Gasteiger partial charge in [0.1, 0.15) is 18.3 Å². The Labute approximate surface area is 287 Å². The van der Waals surface area contributed by atoms with Crippen LogP contribution in [0.15, 0.2) is 54.9 Å². The molecule has 264 valence electrons. The van der Waals surface area contributed by atoms with E-state index in [1.54, 1.807) is 0 Å². The average Bonchev–Trinajstić information content (AvgIpc) is 3.61. The molecule has 49 heavy (non-hydrogen) atoms. The molecular weight excluding hydrogens is 624 g/mol. The van der Waals surface area contributed by atoms with Gasteiger partial charge in [0.2, 0.25) is 0 Å². The van der Waals surface area contributed by atoms with Gasteiger partial charge < -0.3 is 36.0 Å². The Bertz CT molecular complexity index is 1660. The molecule has 0 spiro atoms. The summed E-state index contributed by atoms with van der Waals surface area (Å²) in [5, 5.41) is 40.2. The van der Waals surface area contributed by atoms with Crippen molar-refractivity contribution in [3.8, 4) is 0 Å². The van der Waals surface area contributed by atoms with Crippen molar-refractivity contribution in [2.24, 2.45) is 0 Å². The fourth-order valence-electron chi connectivity index (χ4n) is 6.49. The second-order valence-corrected chi connectivity index (χ2v) is 13.3. The largest absolute Gasteiger partial charge is 0.394 e. The molecule has 1 fully saturated rings. The average molecular weight is 675 g/mol. The summed E-state index contributed by atoms with van der Waals surface area (Å²) in [4.78, 5) is 29.2. The Kier molecular flexibility index (Phi) is 11.8. The molecule has 0 saturated carbocycles. The summed E-state index contributed by atoms with van der Waals surface area (Å²) in [7, 11) is 0. The summed E-state index contributed by atoms with van der Waals surface area (Å²) in [6, 6.07) is 17.2. The molecule has 6 N–H and O–H groups in total. The van der Waals surface area contributed by atoms with Crippen molar-refractivity contribution in [2.45, 2.75) is 90.6 Å². The Hall–Kier alpha value is -4.14. The summed E-state index contributed by atoms with van der Waals surface area (Å²) in [5.74, 6) is 0.741. The molecule has 1 saturated heterocycles. The third-order valence-electron chi connectivity index (χ3n) is 9.01. The van der Waals surface area contributed by atoms with Crippen LogP contribution in [0.3, 0.4) is 0 Å². The number of amides is 2. The zero-order valence-electron chi connectivity index (χ0n) is 29.2. The Morgan fingerprint density at radius 1 is 0.959 bits per heavy atom. The highest BCUT2D eigenvalue weighted by molar-refractivity contribution is 5.83. The lowest BCUT2D eigenvalue weighted by atomic mass is 9.89. The van der Waals surface area contributed by atoms with Crippen molar-refractivity contribution in [2.75, 3.05) is 31.6 Å². The fraction of sp³-hybridized carbons (Fsp3) is 0.500. The van der Waals surface area contributed by atoms with Crippen LogP contribution in [0.5, 0.6) is 0 Å². The van der Waals surface area contributed by atoms with Crippen LogP contribution in [-0.2, 0) is 11.3 Å². The Balaban J connectivity index is 1.42. The first-order valence-corrected chi connectivity index (χ1v) is 17.0. The zero-order valence-corrected chi connectivity index (χ0v) is 29.2. The van der Waals surface area contributed by atoms with Crippen LogP contribution in [0.2, 0.25) is 0 Å². The molecule has 4 atom stereocenters. The molecule has 2 aromatic heterocycles. The monoisotopic (exact) mass is 674 g/mol. The van der Waals surface area contributed by atoms with E-state index in [0.29, 0.717) is 54.5 Å². The topological polar surface area (TPSA) is 170 Å². The molecule has 13 heteroatoms. The number of benzene rings is 2. The van der Waals surface area contributed by atoms with E-state index in [4.69, 9.17) is 14.7 Å². The molecule has 0 radical (unpaired) electrons. The van der Waals surface area contributed by atoms with Crippen molar-refractivity contribution in [1.82, 2.24) is 35.1 Å². The van der Waals surface area contributed by atoms with Gasteiger partial charge in [-0.15, -0.1) is 0 Å². The minimum Gasteiger partial charge on any atom is -0.394 e. The first kappa shape index (κ1) is 36.1.